The number of hydrogen-bond donors (Lipinski definition) is 1. The second-order valence-electron chi connectivity index (χ2n) is 7.99. The van der Waals surface area contributed by atoms with E-state index in [4.69, 9.17) is 9.47 Å². The monoisotopic (exact) mass is 482 g/mol. The highest BCUT2D eigenvalue weighted by atomic mass is 32.2. The molecule has 0 aromatic heterocycles. The predicted molar refractivity (Wildman–Crippen MR) is 131 cm³/mol. The SMILES string of the molecule is COc1cccc(OC)c1CNC(=O)CN(Cc1cccc(C)c1)S(=O)(=O)c1ccc(C)cc1. The maximum absolute atomic E-state index is 13.4. The van der Waals surface area contributed by atoms with Crippen molar-refractivity contribution in [1.29, 1.82) is 0 Å². The van der Waals surface area contributed by atoms with Gasteiger partial charge < -0.3 is 14.8 Å². The number of amides is 1. The molecule has 7 nitrogen and oxygen atoms in total. The fourth-order valence-corrected chi connectivity index (χ4v) is 4.99. The van der Waals surface area contributed by atoms with Gasteiger partial charge in [0.25, 0.3) is 0 Å². The third-order valence-corrected chi connectivity index (χ3v) is 7.22. The van der Waals surface area contributed by atoms with Crippen LogP contribution in [0, 0.1) is 13.8 Å². The first-order chi connectivity index (χ1) is 16.2. The van der Waals surface area contributed by atoms with E-state index in [0.717, 1.165) is 16.7 Å². The lowest BCUT2D eigenvalue weighted by Gasteiger charge is -2.22. The zero-order chi connectivity index (χ0) is 24.7. The van der Waals surface area contributed by atoms with Gasteiger partial charge in [-0.05, 0) is 43.7 Å². The molecule has 0 aliphatic carbocycles. The van der Waals surface area contributed by atoms with Crippen LogP contribution in [-0.2, 0) is 27.9 Å². The van der Waals surface area contributed by atoms with E-state index in [1.807, 2.05) is 38.1 Å². The van der Waals surface area contributed by atoms with Crippen LogP contribution in [0.2, 0.25) is 0 Å². The van der Waals surface area contributed by atoms with Crippen molar-refractivity contribution >= 4 is 15.9 Å². The summed E-state index contributed by atoms with van der Waals surface area (Å²) in [5, 5.41) is 2.80. The molecule has 3 rings (SSSR count). The number of nitrogens with one attached hydrogen (secondary N) is 1. The smallest absolute Gasteiger partial charge is 0.243 e. The average Bonchev–Trinajstić information content (AvgIpc) is 2.82. The molecule has 0 unspecified atom stereocenters. The Labute approximate surface area is 201 Å². The van der Waals surface area contributed by atoms with Crippen LogP contribution in [-0.4, -0.2) is 39.4 Å². The van der Waals surface area contributed by atoms with E-state index in [1.165, 1.54) is 18.5 Å². The number of hydrogen-bond acceptors (Lipinski definition) is 5. The van der Waals surface area contributed by atoms with Gasteiger partial charge in [0.2, 0.25) is 15.9 Å². The number of rotatable bonds is 10. The summed E-state index contributed by atoms with van der Waals surface area (Å²) in [6.07, 6.45) is 0. The van der Waals surface area contributed by atoms with E-state index in [-0.39, 0.29) is 24.5 Å². The summed E-state index contributed by atoms with van der Waals surface area (Å²) >= 11 is 0. The van der Waals surface area contributed by atoms with E-state index in [0.29, 0.717) is 17.1 Å². The molecule has 3 aromatic rings. The first kappa shape index (κ1) is 25.3. The molecule has 3 aromatic carbocycles. The van der Waals surface area contributed by atoms with Crippen LogP contribution in [0.5, 0.6) is 11.5 Å². The number of benzene rings is 3. The van der Waals surface area contributed by atoms with Crippen molar-refractivity contribution < 1.29 is 22.7 Å². The lowest BCUT2D eigenvalue weighted by atomic mass is 10.1. The summed E-state index contributed by atoms with van der Waals surface area (Å²) in [5.74, 6) is 0.711. The Bertz CT molecular complexity index is 1220. The zero-order valence-corrected chi connectivity index (χ0v) is 20.7. The number of sulfonamides is 1. The van der Waals surface area contributed by atoms with E-state index in [2.05, 4.69) is 5.32 Å². The molecule has 1 amide bonds. The van der Waals surface area contributed by atoms with E-state index < -0.39 is 15.9 Å². The van der Waals surface area contributed by atoms with Gasteiger partial charge in [0, 0.05) is 6.54 Å². The number of carbonyl (C=O) groups excluding carboxylic acids is 1. The Morgan fingerprint density at radius 3 is 2.09 bits per heavy atom. The van der Waals surface area contributed by atoms with Gasteiger partial charge >= 0.3 is 0 Å². The second-order valence-corrected chi connectivity index (χ2v) is 9.93. The average molecular weight is 483 g/mol. The third-order valence-electron chi connectivity index (χ3n) is 5.41. The molecule has 0 aliphatic heterocycles. The Morgan fingerprint density at radius 1 is 0.882 bits per heavy atom. The molecule has 34 heavy (non-hydrogen) atoms. The summed E-state index contributed by atoms with van der Waals surface area (Å²) in [4.78, 5) is 13.1. The van der Waals surface area contributed by atoms with Crippen LogP contribution in [0.4, 0.5) is 0 Å². The standard InChI is InChI=1S/C26H30N2O5S/c1-19-11-13-22(14-12-19)34(30,31)28(17-21-8-5-7-20(2)15-21)18-26(29)27-16-23-24(32-3)9-6-10-25(23)33-4/h5-15H,16-18H2,1-4H3,(H,27,29). The second kappa shape index (κ2) is 11.2. The van der Waals surface area contributed by atoms with Gasteiger partial charge in [0.05, 0.1) is 37.8 Å². The Morgan fingerprint density at radius 2 is 1.50 bits per heavy atom. The van der Waals surface area contributed by atoms with Crippen LogP contribution >= 0.6 is 0 Å². The van der Waals surface area contributed by atoms with Gasteiger partial charge in [0.15, 0.2) is 0 Å². The van der Waals surface area contributed by atoms with Gasteiger partial charge in [-0.1, -0.05) is 53.6 Å². The normalized spacial score (nSPS) is 11.3. The van der Waals surface area contributed by atoms with E-state index in [9.17, 15) is 13.2 Å². The molecule has 8 heteroatoms. The number of nitrogens with zero attached hydrogens (tertiary/aromatic N) is 1. The molecule has 0 spiro atoms. The Hall–Kier alpha value is -3.36. The molecule has 0 heterocycles. The number of carbonyl (C=O) groups is 1. The van der Waals surface area contributed by atoms with Crippen molar-refractivity contribution in [2.75, 3.05) is 20.8 Å². The van der Waals surface area contributed by atoms with Crippen LogP contribution in [0.3, 0.4) is 0 Å². The topological polar surface area (TPSA) is 84.9 Å². The lowest BCUT2D eigenvalue weighted by molar-refractivity contribution is -0.121. The molecule has 0 bridgehead atoms. The summed E-state index contributed by atoms with van der Waals surface area (Å²) in [6.45, 7) is 3.70. The van der Waals surface area contributed by atoms with Gasteiger partial charge in [-0.25, -0.2) is 8.42 Å². The van der Waals surface area contributed by atoms with E-state index in [1.54, 1.807) is 42.5 Å². The van der Waals surface area contributed by atoms with Gasteiger partial charge in [-0.15, -0.1) is 0 Å². The minimum atomic E-state index is -3.91. The van der Waals surface area contributed by atoms with Crippen LogP contribution < -0.4 is 14.8 Å². The van der Waals surface area contributed by atoms with Crippen molar-refractivity contribution in [3.63, 3.8) is 0 Å². The molecule has 0 atom stereocenters. The van der Waals surface area contributed by atoms with Crippen LogP contribution in [0.25, 0.3) is 0 Å². The molecule has 1 N–H and O–H groups in total. The molecular formula is C26H30N2O5S. The molecule has 180 valence electrons. The molecule has 0 aliphatic rings. The van der Waals surface area contributed by atoms with Gasteiger partial charge in [-0.3, -0.25) is 4.79 Å². The van der Waals surface area contributed by atoms with Crippen molar-refractivity contribution in [2.24, 2.45) is 0 Å². The maximum atomic E-state index is 13.4. The van der Waals surface area contributed by atoms with Crippen molar-refractivity contribution in [1.82, 2.24) is 9.62 Å². The molecule has 0 fully saturated rings. The van der Waals surface area contributed by atoms with Crippen LogP contribution in [0.15, 0.2) is 71.6 Å². The summed E-state index contributed by atoms with van der Waals surface area (Å²) in [5.41, 5.74) is 3.44. The summed E-state index contributed by atoms with van der Waals surface area (Å²) in [6, 6.07) is 19.5. The minimum absolute atomic E-state index is 0.0727. The molecular weight excluding hydrogens is 452 g/mol. The maximum Gasteiger partial charge on any atom is 0.243 e. The third kappa shape index (κ3) is 6.15. The van der Waals surface area contributed by atoms with Crippen LogP contribution in [0.1, 0.15) is 22.3 Å². The first-order valence-corrected chi connectivity index (χ1v) is 12.3. The minimum Gasteiger partial charge on any atom is -0.496 e. The number of aryl methyl sites for hydroxylation is 2. The number of methoxy groups -OCH3 is 2. The molecule has 0 saturated carbocycles. The Balaban J connectivity index is 1.84. The highest BCUT2D eigenvalue weighted by Crippen LogP contribution is 2.28. The van der Waals surface area contributed by atoms with E-state index >= 15 is 0 Å². The largest absolute Gasteiger partial charge is 0.496 e. The fraction of sp³-hybridized carbons (Fsp3) is 0.269. The highest BCUT2D eigenvalue weighted by Gasteiger charge is 2.27. The zero-order valence-electron chi connectivity index (χ0n) is 19.9. The first-order valence-electron chi connectivity index (χ1n) is 10.8. The van der Waals surface area contributed by atoms with Crippen molar-refractivity contribution in [3.05, 3.63) is 89.0 Å². The molecule has 0 saturated heterocycles. The van der Waals surface area contributed by atoms with Crippen molar-refractivity contribution in [3.8, 4) is 11.5 Å². The quantitative estimate of drug-likeness (QED) is 0.475. The van der Waals surface area contributed by atoms with Gasteiger partial charge in [0.1, 0.15) is 11.5 Å². The van der Waals surface area contributed by atoms with Gasteiger partial charge in [-0.2, -0.15) is 4.31 Å². The lowest BCUT2D eigenvalue weighted by Crippen LogP contribution is -2.40. The Kier molecular flexibility index (Phi) is 8.31. The predicted octanol–water partition coefficient (Wildman–Crippen LogP) is 3.83. The molecule has 0 radical (unpaired) electrons. The van der Waals surface area contributed by atoms with Crippen molar-refractivity contribution in [2.45, 2.75) is 31.8 Å². The number of ether oxygens (including phenoxy) is 2. The fourth-order valence-electron chi connectivity index (χ4n) is 3.60. The summed E-state index contributed by atoms with van der Waals surface area (Å²) in [7, 11) is -0.830. The summed E-state index contributed by atoms with van der Waals surface area (Å²) < 4.78 is 38.8. The highest BCUT2D eigenvalue weighted by molar-refractivity contribution is 7.89.